The molecule has 1 N–H and O–H groups in total. The summed E-state index contributed by atoms with van der Waals surface area (Å²) in [6.07, 6.45) is 6.76. The molecule has 2 aliphatic rings. The Kier molecular flexibility index (Phi) is 5.92. The highest BCUT2D eigenvalue weighted by Crippen LogP contribution is 2.33. The fourth-order valence-electron chi connectivity index (χ4n) is 4.04. The maximum atomic E-state index is 5.56. The second-order valence-corrected chi connectivity index (χ2v) is 6.84. The summed E-state index contributed by atoms with van der Waals surface area (Å²) < 4.78 is 10.8. The fraction of sp³-hybridized carbons (Fsp3) is 0.684. The summed E-state index contributed by atoms with van der Waals surface area (Å²) in [5, 5.41) is 3.72. The molecule has 2 fully saturated rings. The molecule has 23 heavy (non-hydrogen) atoms. The van der Waals surface area contributed by atoms with Crippen molar-refractivity contribution >= 4 is 0 Å². The molecule has 1 aliphatic heterocycles. The number of nitrogens with one attached hydrogen (secondary N) is 1. The van der Waals surface area contributed by atoms with Gasteiger partial charge in [-0.15, -0.1) is 0 Å². The molecule has 0 radical (unpaired) electrons. The first-order chi connectivity index (χ1) is 11.3. The Hall–Kier alpha value is -1.10. The Morgan fingerprint density at radius 1 is 1.09 bits per heavy atom. The van der Waals surface area contributed by atoms with Crippen molar-refractivity contribution in [1.29, 1.82) is 0 Å². The van der Waals surface area contributed by atoms with Crippen LogP contribution in [0.15, 0.2) is 24.3 Å². The molecule has 128 valence electrons. The van der Waals surface area contributed by atoms with Crippen molar-refractivity contribution in [2.45, 2.75) is 44.2 Å². The number of methoxy groups -OCH3 is 1. The van der Waals surface area contributed by atoms with E-state index in [4.69, 9.17) is 9.47 Å². The van der Waals surface area contributed by atoms with Gasteiger partial charge >= 0.3 is 0 Å². The van der Waals surface area contributed by atoms with Crippen molar-refractivity contribution in [3.63, 3.8) is 0 Å². The van der Waals surface area contributed by atoms with Crippen LogP contribution in [-0.2, 0) is 11.3 Å². The van der Waals surface area contributed by atoms with Crippen LogP contribution in [0.4, 0.5) is 0 Å². The number of hydrogen-bond acceptors (Lipinski definition) is 4. The lowest BCUT2D eigenvalue weighted by Gasteiger charge is -2.48. The number of rotatable bonds is 6. The first-order valence-corrected chi connectivity index (χ1v) is 8.99. The van der Waals surface area contributed by atoms with Gasteiger partial charge in [-0.3, -0.25) is 4.90 Å². The third-order valence-corrected chi connectivity index (χ3v) is 5.41. The summed E-state index contributed by atoms with van der Waals surface area (Å²) in [6, 6.07) is 8.37. The van der Waals surface area contributed by atoms with Gasteiger partial charge in [-0.1, -0.05) is 31.4 Å². The van der Waals surface area contributed by atoms with Gasteiger partial charge in [0.1, 0.15) is 5.75 Å². The van der Waals surface area contributed by atoms with Crippen LogP contribution in [0.1, 0.15) is 37.7 Å². The second-order valence-electron chi connectivity index (χ2n) is 6.84. The quantitative estimate of drug-likeness (QED) is 0.874. The van der Waals surface area contributed by atoms with Crippen molar-refractivity contribution in [2.24, 2.45) is 0 Å². The van der Waals surface area contributed by atoms with Crippen LogP contribution in [0.3, 0.4) is 0 Å². The van der Waals surface area contributed by atoms with E-state index in [2.05, 4.69) is 22.3 Å². The summed E-state index contributed by atoms with van der Waals surface area (Å²) in [6.45, 7) is 5.96. The summed E-state index contributed by atoms with van der Waals surface area (Å²) in [4.78, 5) is 2.69. The van der Waals surface area contributed by atoms with E-state index in [0.29, 0.717) is 5.54 Å². The molecular formula is C19H30N2O2. The second kappa shape index (κ2) is 8.13. The molecule has 0 atom stereocenters. The molecule has 0 spiro atoms. The average Bonchev–Trinajstić information content (AvgIpc) is 2.64. The van der Waals surface area contributed by atoms with Crippen LogP contribution in [0.2, 0.25) is 0 Å². The lowest BCUT2D eigenvalue weighted by Crippen LogP contribution is -2.59. The molecule has 1 aromatic rings. The molecule has 1 aromatic carbocycles. The number of morpholine rings is 1. The summed E-state index contributed by atoms with van der Waals surface area (Å²) in [7, 11) is 1.71. The van der Waals surface area contributed by atoms with Gasteiger partial charge in [-0.05, 0) is 30.5 Å². The van der Waals surface area contributed by atoms with Crippen LogP contribution in [-0.4, -0.2) is 50.4 Å². The van der Waals surface area contributed by atoms with Crippen LogP contribution in [0.25, 0.3) is 0 Å². The lowest BCUT2D eigenvalue weighted by atomic mass is 9.79. The first kappa shape index (κ1) is 16.7. The van der Waals surface area contributed by atoms with Gasteiger partial charge < -0.3 is 14.8 Å². The first-order valence-electron chi connectivity index (χ1n) is 8.99. The number of nitrogens with zero attached hydrogens (tertiary/aromatic N) is 1. The summed E-state index contributed by atoms with van der Waals surface area (Å²) >= 11 is 0. The normalized spacial score (nSPS) is 22.0. The largest absolute Gasteiger partial charge is 0.497 e. The summed E-state index contributed by atoms with van der Waals surface area (Å²) in [5.41, 5.74) is 1.66. The van der Waals surface area contributed by atoms with Gasteiger partial charge in [0.2, 0.25) is 0 Å². The molecule has 1 saturated carbocycles. The monoisotopic (exact) mass is 318 g/mol. The Morgan fingerprint density at radius 3 is 2.43 bits per heavy atom. The van der Waals surface area contributed by atoms with E-state index >= 15 is 0 Å². The van der Waals surface area contributed by atoms with E-state index in [1.54, 1.807) is 7.11 Å². The highest BCUT2D eigenvalue weighted by atomic mass is 16.5. The van der Waals surface area contributed by atoms with Crippen molar-refractivity contribution < 1.29 is 9.47 Å². The maximum absolute atomic E-state index is 5.56. The van der Waals surface area contributed by atoms with E-state index in [0.717, 1.165) is 45.1 Å². The average molecular weight is 318 g/mol. The number of hydrogen-bond donors (Lipinski definition) is 1. The van der Waals surface area contributed by atoms with Crippen molar-refractivity contribution in [2.75, 3.05) is 40.0 Å². The Labute approximate surface area is 140 Å². The van der Waals surface area contributed by atoms with Crippen molar-refractivity contribution in [3.8, 4) is 5.75 Å². The summed E-state index contributed by atoms with van der Waals surface area (Å²) in [5.74, 6) is 0.922. The minimum atomic E-state index is 0.342. The third-order valence-electron chi connectivity index (χ3n) is 5.41. The Balaban J connectivity index is 1.57. The molecule has 0 aromatic heterocycles. The molecule has 0 amide bonds. The Bertz CT molecular complexity index is 463. The van der Waals surface area contributed by atoms with Gasteiger partial charge in [-0.25, -0.2) is 0 Å². The molecule has 1 aliphatic carbocycles. The zero-order valence-corrected chi connectivity index (χ0v) is 14.4. The van der Waals surface area contributed by atoms with Crippen LogP contribution < -0.4 is 10.1 Å². The maximum Gasteiger partial charge on any atom is 0.118 e. The standard InChI is InChI=1S/C19H30N2O2/c1-22-18-7-5-17(6-8-18)15-20-16-19(9-3-2-4-10-19)21-11-13-23-14-12-21/h5-8,20H,2-4,9-16H2,1H3. The number of ether oxygens (including phenoxy) is 2. The van der Waals surface area contributed by atoms with Gasteiger partial charge in [0.25, 0.3) is 0 Å². The molecule has 0 unspecified atom stereocenters. The number of benzene rings is 1. The van der Waals surface area contributed by atoms with Crippen LogP contribution in [0, 0.1) is 0 Å². The van der Waals surface area contributed by atoms with Gasteiger partial charge in [0.15, 0.2) is 0 Å². The molecule has 3 rings (SSSR count). The lowest BCUT2D eigenvalue weighted by molar-refractivity contribution is -0.0369. The molecular weight excluding hydrogens is 288 g/mol. The minimum absolute atomic E-state index is 0.342. The smallest absolute Gasteiger partial charge is 0.118 e. The van der Waals surface area contributed by atoms with Crippen LogP contribution in [0.5, 0.6) is 5.75 Å². The van der Waals surface area contributed by atoms with Crippen LogP contribution >= 0.6 is 0 Å². The topological polar surface area (TPSA) is 33.7 Å². The Morgan fingerprint density at radius 2 is 1.78 bits per heavy atom. The molecule has 4 heteroatoms. The zero-order valence-electron chi connectivity index (χ0n) is 14.4. The van der Waals surface area contributed by atoms with E-state index in [1.165, 1.54) is 37.7 Å². The van der Waals surface area contributed by atoms with E-state index in [9.17, 15) is 0 Å². The van der Waals surface area contributed by atoms with Gasteiger partial charge in [0, 0.05) is 31.7 Å². The van der Waals surface area contributed by atoms with Crippen molar-refractivity contribution in [3.05, 3.63) is 29.8 Å². The predicted octanol–water partition coefficient (Wildman–Crippen LogP) is 2.82. The fourth-order valence-corrected chi connectivity index (χ4v) is 4.04. The third kappa shape index (κ3) is 4.25. The SMILES string of the molecule is COc1ccc(CNCC2(N3CCOCC3)CCCCC2)cc1. The van der Waals surface area contributed by atoms with Gasteiger partial charge in [-0.2, -0.15) is 0 Å². The van der Waals surface area contributed by atoms with E-state index < -0.39 is 0 Å². The van der Waals surface area contributed by atoms with E-state index in [-0.39, 0.29) is 0 Å². The van der Waals surface area contributed by atoms with Gasteiger partial charge in [0.05, 0.1) is 20.3 Å². The molecule has 1 heterocycles. The zero-order chi connectivity index (χ0) is 16.0. The van der Waals surface area contributed by atoms with E-state index in [1.807, 2.05) is 12.1 Å². The minimum Gasteiger partial charge on any atom is -0.497 e. The van der Waals surface area contributed by atoms with Crippen molar-refractivity contribution in [1.82, 2.24) is 10.2 Å². The predicted molar refractivity (Wildman–Crippen MR) is 92.9 cm³/mol. The molecule has 0 bridgehead atoms. The highest BCUT2D eigenvalue weighted by molar-refractivity contribution is 5.27. The molecule has 1 saturated heterocycles. The molecule has 4 nitrogen and oxygen atoms in total. The highest BCUT2D eigenvalue weighted by Gasteiger charge is 2.38.